The van der Waals surface area contributed by atoms with Gasteiger partial charge in [-0.2, -0.15) is 5.26 Å². The van der Waals surface area contributed by atoms with Crippen molar-refractivity contribution in [2.45, 2.75) is 19.9 Å². The SMILES string of the molecule is CC(C)C(CN(C)C)Nc1ccc(C#N)cc1Br. The van der Waals surface area contributed by atoms with E-state index in [2.05, 4.69) is 60.2 Å². The molecule has 1 rings (SSSR count). The van der Waals surface area contributed by atoms with Crippen molar-refractivity contribution in [3.05, 3.63) is 28.2 Å². The minimum Gasteiger partial charge on any atom is -0.380 e. The maximum Gasteiger partial charge on any atom is 0.0992 e. The Morgan fingerprint density at radius 3 is 2.50 bits per heavy atom. The number of nitriles is 1. The van der Waals surface area contributed by atoms with Gasteiger partial charge in [0.25, 0.3) is 0 Å². The Labute approximate surface area is 118 Å². The highest BCUT2D eigenvalue weighted by Crippen LogP contribution is 2.25. The molecular weight excluding hydrogens is 290 g/mol. The Morgan fingerprint density at radius 2 is 2.06 bits per heavy atom. The number of rotatable bonds is 5. The van der Waals surface area contributed by atoms with Gasteiger partial charge in [0, 0.05) is 22.7 Å². The van der Waals surface area contributed by atoms with E-state index in [4.69, 9.17) is 5.26 Å². The lowest BCUT2D eigenvalue weighted by atomic mass is 10.0. The molecule has 1 aromatic carbocycles. The molecule has 0 aliphatic heterocycles. The van der Waals surface area contributed by atoms with E-state index in [0.29, 0.717) is 17.5 Å². The zero-order valence-corrected chi connectivity index (χ0v) is 13.0. The lowest BCUT2D eigenvalue weighted by Gasteiger charge is -2.27. The molecule has 3 nitrogen and oxygen atoms in total. The summed E-state index contributed by atoms with van der Waals surface area (Å²) in [5.41, 5.74) is 1.70. The van der Waals surface area contributed by atoms with Crippen LogP contribution in [0, 0.1) is 17.2 Å². The number of halogens is 1. The summed E-state index contributed by atoms with van der Waals surface area (Å²) in [5.74, 6) is 0.537. The molecule has 1 N–H and O–H groups in total. The van der Waals surface area contributed by atoms with Crippen LogP contribution in [0.3, 0.4) is 0 Å². The average Bonchev–Trinajstić information content (AvgIpc) is 2.29. The molecule has 1 aromatic rings. The minimum absolute atomic E-state index is 0.379. The van der Waals surface area contributed by atoms with Gasteiger partial charge in [-0.25, -0.2) is 0 Å². The molecule has 0 radical (unpaired) electrons. The van der Waals surface area contributed by atoms with Crippen molar-refractivity contribution < 1.29 is 0 Å². The maximum absolute atomic E-state index is 8.84. The summed E-state index contributed by atoms with van der Waals surface area (Å²) >= 11 is 3.50. The van der Waals surface area contributed by atoms with E-state index in [1.54, 1.807) is 0 Å². The third-order valence-electron chi connectivity index (χ3n) is 2.81. The Bertz CT molecular complexity index is 435. The van der Waals surface area contributed by atoms with Crippen LogP contribution in [0.2, 0.25) is 0 Å². The Morgan fingerprint density at radius 1 is 1.39 bits per heavy atom. The van der Waals surface area contributed by atoms with Crippen LogP contribution >= 0.6 is 15.9 Å². The average molecular weight is 310 g/mol. The van der Waals surface area contributed by atoms with Crippen LogP contribution in [0.15, 0.2) is 22.7 Å². The second-order valence-corrected chi connectivity index (χ2v) is 5.92. The zero-order chi connectivity index (χ0) is 13.7. The Hall–Kier alpha value is -1.05. The molecule has 0 fully saturated rings. The topological polar surface area (TPSA) is 39.1 Å². The summed E-state index contributed by atoms with van der Waals surface area (Å²) in [7, 11) is 4.15. The van der Waals surface area contributed by atoms with Crippen LogP contribution in [0.1, 0.15) is 19.4 Å². The molecular formula is C14H20BrN3. The third-order valence-corrected chi connectivity index (χ3v) is 3.46. The summed E-state index contributed by atoms with van der Waals surface area (Å²) in [4.78, 5) is 2.18. The number of nitrogens with one attached hydrogen (secondary N) is 1. The maximum atomic E-state index is 8.84. The number of nitrogens with zero attached hydrogens (tertiary/aromatic N) is 2. The first kappa shape index (κ1) is 15.0. The van der Waals surface area contributed by atoms with Gasteiger partial charge in [-0.3, -0.25) is 0 Å². The van der Waals surface area contributed by atoms with Gasteiger partial charge in [0.2, 0.25) is 0 Å². The second-order valence-electron chi connectivity index (χ2n) is 5.06. The fourth-order valence-electron chi connectivity index (χ4n) is 1.72. The number of hydrogen-bond acceptors (Lipinski definition) is 3. The lowest BCUT2D eigenvalue weighted by Crippen LogP contribution is -2.36. The van der Waals surface area contributed by atoms with Crippen molar-refractivity contribution in [1.29, 1.82) is 5.26 Å². The first-order valence-electron chi connectivity index (χ1n) is 6.05. The van der Waals surface area contributed by atoms with Crippen molar-refractivity contribution >= 4 is 21.6 Å². The van der Waals surface area contributed by atoms with E-state index < -0.39 is 0 Å². The van der Waals surface area contributed by atoms with E-state index in [1.807, 2.05) is 18.2 Å². The van der Waals surface area contributed by atoms with Crippen LogP contribution in [0.4, 0.5) is 5.69 Å². The molecule has 1 atom stereocenters. The fourth-order valence-corrected chi connectivity index (χ4v) is 2.21. The van der Waals surface area contributed by atoms with Crippen molar-refractivity contribution in [2.24, 2.45) is 5.92 Å². The van der Waals surface area contributed by atoms with Crippen LogP contribution in [-0.2, 0) is 0 Å². The highest BCUT2D eigenvalue weighted by molar-refractivity contribution is 9.10. The molecule has 4 heteroatoms. The summed E-state index contributed by atoms with van der Waals surface area (Å²) in [6.45, 7) is 5.39. The first-order valence-corrected chi connectivity index (χ1v) is 6.84. The lowest BCUT2D eigenvalue weighted by molar-refractivity contribution is 0.344. The van der Waals surface area contributed by atoms with E-state index in [9.17, 15) is 0 Å². The van der Waals surface area contributed by atoms with Gasteiger partial charge in [-0.1, -0.05) is 13.8 Å². The molecule has 98 valence electrons. The molecule has 0 aliphatic rings. The highest BCUT2D eigenvalue weighted by Gasteiger charge is 2.15. The van der Waals surface area contributed by atoms with Crippen molar-refractivity contribution in [3.63, 3.8) is 0 Å². The zero-order valence-electron chi connectivity index (χ0n) is 11.4. The number of benzene rings is 1. The third kappa shape index (κ3) is 4.32. The predicted octanol–water partition coefficient (Wildman–Crippen LogP) is 3.32. The molecule has 0 aromatic heterocycles. The quantitative estimate of drug-likeness (QED) is 0.907. The van der Waals surface area contributed by atoms with Crippen LogP contribution in [0.5, 0.6) is 0 Å². The van der Waals surface area contributed by atoms with E-state index in [0.717, 1.165) is 16.7 Å². The molecule has 0 bridgehead atoms. The van der Waals surface area contributed by atoms with Gasteiger partial charge in [0.15, 0.2) is 0 Å². The number of hydrogen-bond donors (Lipinski definition) is 1. The largest absolute Gasteiger partial charge is 0.380 e. The normalized spacial score (nSPS) is 12.6. The van der Waals surface area contributed by atoms with Gasteiger partial charge in [0.1, 0.15) is 0 Å². The van der Waals surface area contributed by atoms with E-state index in [1.165, 1.54) is 0 Å². The molecule has 0 amide bonds. The van der Waals surface area contributed by atoms with Crippen molar-refractivity contribution in [1.82, 2.24) is 4.90 Å². The van der Waals surface area contributed by atoms with Crippen LogP contribution in [-0.4, -0.2) is 31.6 Å². The molecule has 0 aliphatic carbocycles. The second kappa shape index (κ2) is 6.77. The number of anilines is 1. The molecule has 1 unspecified atom stereocenters. The smallest absolute Gasteiger partial charge is 0.0992 e. The summed E-state index contributed by atoms with van der Waals surface area (Å²) < 4.78 is 0.936. The Balaban J connectivity index is 2.84. The standard InChI is InChI=1S/C14H20BrN3/c1-10(2)14(9-18(3)4)17-13-6-5-11(8-16)7-12(13)15/h5-7,10,14,17H,9H2,1-4H3. The molecule has 18 heavy (non-hydrogen) atoms. The van der Waals surface area contributed by atoms with Gasteiger partial charge >= 0.3 is 0 Å². The van der Waals surface area contributed by atoms with E-state index >= 15 is 0 Å². The van der Waals surface area contributed by atoms with Gasteiger partial charge in [-0.05, 0) is 54.1 Å². The fraction of sp³-hybridized carbons (Fsp3) is 0.500. The molecule has 0 saturated heterocycles. The first-order chi connectivity index (χ1) is 8.43. The van der Waals surface area contributed by atoms with Gasteiger partial charge < -0.3 is 10.2 Å². The predicted molar refractivity (Wildman–Crippen MR) is 79.7 cm³/mol. The van der Waals surface area contributed by atoms with E-state index in [-0.39, 0.29) is 0 Å². The Kier molecular flexibility index (Phi) is 5.64. The number of likely N-dealkylation sites (N-methyl/N-ethyl adjacent to an activating group) is 1. The molecule has 0 saturated carbocycles. The molecule has 0 spiro atoms. The van der Waals surface area contributed by atoms with Crippen molar-refractivity contribution in [3.8, 4) is 6.07 Å². The van der Waals surface area contributed by atoms with Gasteiger partial charge in [-0.15, -0.1) is 0 Å². The van der Waals surface area contributed by atoms with Crippen molar-refractivity contribution in [2.75, 3.05) is 26.0 Å². The summed E-state index contributed by atoms with van der Waals surface area (Å²) in [6.07, 6.45) is 0. The van der Waals surface area contributed by atoms with Gasteiger partial charge in [0.05, 0.1) is 11.6 Å². The highest BCUT2D eigenvalue weighted by atomic mass is 79.9. The summed E-state index contributed by atoms with van der Waals surface area (Å²) in [6, 6.07) is 8.14. The molecule has 0 heterocycles. The summed E-state index contributed by atoms with van der Waals surface area (Å²) in [5, 5.41) is 12.4. The monoisotopic (exact) mass is 309 g/mol. The van der Waals surface area contributed by atoms with Crippen LogP contribution in [0.25, 0.3) is 0 Å². The van der Waals surface area contributed by atoms with Crippen LogP contribution < -0.4 is 5.32 Å². The minimum atomic E-state index is 0.379.